The molecule has 0 bridgehead atoms. The molecule has 1 N–H and O–H groups in total. The standard InChI is InChI=1S/C14H11F5N2O/c1-22-6-8-4-7(2-3-9(8)15)5-20-12-10(16)13(18)21-14(19)11(12)17/h2-4H,5-6H2,1H3,(H,20,21). The predicted molar refractivity (Wildman–Crippen MR) is 68.5 cm³/mol. The van der Waals surface area contributed by atoms with Crippen LogP contribution in [0.1, 0.15) is 11.1 Å². The number of nitrogens with zero attached hydrogens (tertiary/aromatic N) is 1. The molecule has 0 unspecified atom stereocenters. The van der Waals surface area contributed by atoms with E-state index in [4.69, 9.17) is 4.74 Å². The van der Waals surface area contributed by atoms with Crippen LogP contribution in [0.4, 0.5) is 27.6 Å². The molecule has 0 aliphatic heterocycles. The quantitative estimate of drug-likeness (QED) is 0.676. The van der Waals surface area contributed by atoms with Gasteiger partial charge in [-0.1, -0.05) is 6.07 Å². The Morgan fingerprint density at radius 2 is 1.68 bits per heavy atom. The first-order valence-electron chi connectivity index (χ1n) is 6.14. The van der Waals surface area contributed by atoms with E-state index in [2.05, 4.69) is 10.3 Å². The number of ether oxygens (including phenoxy) is 1. The average Bonchev–Trinajstić information content (AvgIpc) is 2.48. The molecule has 0 aliphatic carbocycles. The number of halogens is 5. The molecule has 1 aromatic heterocycles. The number of anilines is 1. The Kier molecular flexibility index (Phi) is 4.92. The molecule has 0 spiro atoms. The fraction of sp³-hybridized carbons (Fsp3) is 0.214. The molecule has 0 radical (unpaired) electrons. The largest absolute Gasteiger partial charge is 0.380 e. The maximum absolute atomic E-state index is 13.4. The van der Waals surface area contributed by atoms with E-state index in [-0.39, 0.29) is 18.7 Å². The predicted octanol–water partition coefficient (Wildman–Crippen LogP) is 3.54. The van der Waals surface area contributed by atoms with Gasteiger partial charge in [0.05, 0.1) is 6.61 Å². The van der Waals surface area contributed by atoms with Crippen molar-refractivity contribution >= 4 is 5.69 Å². The summed E-state index contributed by atoms with van der Waals surface area (Å²) in [6.07, 6.45) is 0. The molecule has 0 atom stereocenters. The number of pyridine rings is 1. The average molecular weight is 318 g/mol. The van der Waals surface area contributed by atoms with Gasteiger partial charge in [-0.15, -0.1) is 0 Å². The lowest BCUT2D eigenvalue weighted by molar-refractivity contribution is 0.181. The lowest BCUT2D eigenvalue weighted by Gasteiger charge is -2.11. The molecule has 2 aromatic rings. The van der Waals surface area contributed by atoms with Gasteiger partial charge in [-0.3, -0.25) is 0 Å². The second-order valence-electron chi connectivity index (χ2n) is 4.41. The van der Waals surface area contributed by atoms with Crippen LogP contribution in [-0.2, 0) is 17.9 Å². The summed E-state index contributed by atoms with van der Waals surface area (Å²) in [5.74, 6) is -7.25. The van der Waals surface area contributed by atoms with Gasteiger partial charge in [0.15, 0.2) is 0 Å². The van der Waals surface area contributed by atoms with Crippen molar-refractivity contribution in [1.82, 2.24) is 4.98 Å². The highest BCUT2D eigenvalue weighted by molar-refractivity contribution is 5.46. The molecule has 118 valence electrons. The summed E-state index contributed by atoms with van der Waals surface area (Å²) < 4.78 is 71.0. The molecule has 0 aliphatic rings. The van der Waals surface area contributed by atoms with Gasteiger partial charge in [0.2, 0.25) is 11.6 Å². The summed E-state index contributed by atoms with van der Waals surface area (Å²) in [6.45, 7) is -0.158. The molecule has 2 rings (SSSR count). The van der Waals surface area contributed by atoms with Crippen LogP contribution in [-0.4, -0.2) is 12.1 Å². The summed E-state index contributed by atoms with van der Waals surface area (Å²) in [4.78, 5) is 2.45. The van der Waals surface area contributed by atoms with Crippen molar-refractivity contribution in [2.75, 3.05) is 12.4 Å². The summed E-state index contributed by atoms with van der Waals surface area (Å²) in [5, 5.41) is 2.23. The third-order valence-electron chi connectivity index (χ3n) is 2.88. The zero-order chi connectivity index (χ0) is 16.3. The van der Waals surface area contributed by atoms with E-state index in [0.717, 1.165) is 6.07 Å². The Hall–Kier alpha value is -2.22. The van der Waals surface area contributed by atoms with E-state index >= 15 is 0 Å². The van der Waals surface area contributed by atoms with Crippen molar-refractivity contribution in [1.29, 1.82) is 0 Å². The third kappa shape index (κ3) is 3.33. The van der Waals surface area contributed by atoms with Gasteiger partial charge in [-0.05, 0) is 17.7 Å². The second kappa shape index (κ2) is 6.69. The Labute approximate surface area is 122 Å². The van der Waals surface area contributed by atoms with Crippen LogP contribution in [0.3, 0.4) is 0 Å². The van der Waals surface area contributed by atoms with E-state index in [0.29, 0.717) is 5.56 Å². The minimum absolute atomic E-state index is 0.0148. The number of aromatic nitrogens is 1. The number of hydrogen-bond donors (Lipinski definition) is 1. The van der Waals surface area contributed by atoms with E-state index < -0.39 is 35.0 Å². The summed E-state index contributed by atoms with van der Waals surface area (Å²) in [6, 6.07) is 3.94. The second-order valence-corrected chi connectivity index (χ2v) is 4.41. The molecule has 0 amide bonds. The van der Waals surface area contributed by atoms with E-state index in [9.17, 15) is 22.0 Å². The zero-order valence-corrected chi connectivity index (χ0v) is 11.4. The number of benzene rings is 1. The molecule has 1 heterocycles. The van der Waals surface area contributed by atoms with Gasteiger partial charge in [0, 0.05) is 19.2 Å². The van der Waals surface area contributed by atoms with Gasteiger partial charge in [0.1, 0.15) is 11.5 Å². The topological polar surface area (TPSA) is 34.1 Å². The normalized spacial score (nSPS) is 10.8. The number of rotatable bonds is 5. The summed E-state index contributed by atoms with van der Waals surface area (Å²) >= 11 is 0. The van der Waals surface area contributed by atoms with Gasteiger partial charge in [0.25, 0.3) is 11.9 Å². The lowest BCUT2D eigenvalue weighted by Crippen LogP contribution is -2.09. The molecule has 0 saturated heterocycles. The fourth-order valence-corrected chi connectivity index (χ4v) is 1.84. The van der Waals surface area contributed by atoms with Crippen molar-refractivity contribution in [3.63, 3.8) is 0 Å². The van der Waals surface area contributed by atoms with Crippen LogP contribution >= 0.6 is 0 Å². The van der Waals surface area contributed by atoms with Gasteiger partial charge in [-0.2, -0.15) is 22.5 Å². The minimum atomic E-state index is -1.75. The van der Waals surface area contributed by atoms with Crippen LogP contribution in [0.2, 0.25) is 0 Å². The first-order valence-corrected chi connectivity index (χ1v) is 6.14. The van der Waals surface area contributed by atoms with Gasteiger partial charge >= 0.3 is 0 Å². The minimum Gasteiger partial charge on any atom is -0.380 e. The summed E-state index contributed by atoms with van der Waals surface area (Å²) in [5.41, 5.74) is -0.276. The Balaban J connectivity index is 2.22. The molecular weight excluding hydrogens is 307 g/mol. The molecule has 22 heavy (non-hydrogen) atoms. The maximum atomic E-state index is 13.4. The van der Waals surface area contributed by atoms with Crippen molar-refractivity contribution < 1.29 is 26.7 Å². The van der Waals surface area contributed by atoms with Crippen molar-refractivity contribution in [2.24, 2.45) is 0 Å². The van der Waals surface area contributed by atoms with Crippen molar-refractivity contribution in [2.45, 2.75) is 13.2 Å². The molecule has 1 aromatic carbocycles. The molecule has 0 saturated carbocycles. The third-order valence-corrected chi connectivity index (χ3v) is 2.88. The fourth-order valence-electron chi connectivity index (χ4n) is 1.84. The van der Waals surface area contributed by atoms with Crippen LogP contribution in [0.15, 0.2) is 18.2 Å². The Bertz CT molecular complexity index is 667. The highest BCUT2D eigenvalue weighted by Crippen LogP contribution is 2.23. The van der Waals surface area contributed by atoms with Crippen molar-refractivity contribution in [3.8, 4) is 0 Å². The number of methoxy groups -OCH3 is 1. The zero-order valence-electron chi connectivity index (χ0n) is 11.4. The highest BCUT2D eigenvalue weighted by atomic mass is 19.2. The number of nitrogens with one attached hydrogen (secondary N) is 1. The summed E-state index contributed by atoms with van der Waals surface area (Å²) in [7, 11) is 1.39. The van der Waals surface area contributed by atoms with Gasteiger partial charge in [-0.25, -0.2) is 4.39 Å². The Morgan fingerprint density at radius 3 is 2.27 bits per heavy atom. The highest BCUT2D eigenvalue weighted by Gasteiger charge is 2.20. The molecule has 3 nitrogen and oxygen atoms in total. The monoisotopic (exact) mass is 318 g/mol. The first kappa shape index (κ1) is 16.2. The Morgan fingerprint density at radius 1 is 1.05 bits per heavy atom. The van der Waals surface area contributed by atoms with Gasteiger partial charge < -0.3 is 10.1 Å². The smallest absolute Gasteiger partial charge is 0.253 e. The van der Waals surface area contributed by atoms with E-state index in [1.807, 2.05) is 0 Å². The van der Waals surface area contributed by atoms with Crippen LogP contribution in [0.5, 0.6) is 0 Å². The SMILES string of the molecule is COCc1cc(CNc2c(F)c(F)nc(F)c2F)ccc1F. The van der Waals surface area contributed by atoms with Crippen LogP contribution in [0, 0.1) is 29.3 Å². The lowest BCUT2D eigenvalue weighted by atomic mass is 10.1. The van der Waals surface area contributed by atoms with E-state index in [1.54, 1.807) is 0 Å². The molecule has 0 fully saturated rings. The van der Waals surface area contributed by atoms with Crippen LogP contribution < -0.4 is 5.32 Å². The first-order chi connectivity index (χ1) is 10.4. The van der Waals surface area contributed by atoms with Crippen LogP contribution in [0.25, 0.3) is 0 Å². The molecule has 8 heteroatoms. The van der Waals surface area contributed by atoms with Crippen molar-refractivity contribution in [3.05, 3.63) is 58.7 Å². The molecular formula is C14H11F5N2O. The maximum Gasteiger partial charge on any atom is 0.253 e. The number of hydrogen-bond acceptors (Lipinski definition) is 3. The van der Waals surface area contributed by atoms with E-state index in [1.165, 1.54) is 19.2 Å².